The second kappa shape index (κ2) is 7.20. The Hall–Kier alpha value is -3.00. The molecule has 1 radical (unpaired) electrons. The van der Waals surface area contributed by atoms with Gasteiger partial charge in [0.05, 0.1) is 10.9 Å². The molecular weight excluding hydrogens is 359 g/mol. The summed E-state index contributed by atoms with van der Waals surface area (Å²) < 4.78 is 20.5. The van der Waals surface area contributed by atoms with Crippen LogP contribution >= 0.6 is 0 Å². The Kier molecular flexibility index (Phi) is 4.40. The summed E-state index contributed by atoms with van der Waals surface area (Å²) in [7, 11) is 0. The maximum Gasteiger partial charge on any atom is 0.180 e. The van der Waals surface area contributed by atoms with Crippen LogP contribution in [0.15, 0.2) is 40.9 Å². The maximum atomic E-state index is 13.3. The third-order valence-electron chi connectivity index (χ3n) is 5.26. The SMILES string of the molecule is Fc1c[c]c2c(N3CCN(CCCn4nnc5ccccc54)CC3)noc2c1. The van der Waals surface area contributed by atoms with E-state index in [1.807, 2.05) is 22.9 Å². The number of piperazine rings is 1. The molecule has 0 aliphatic carbocycles. The van der Waals surface area contributed by atoms with E-state index >= 15 is 0 Å². The van der Waals surface area contributed by atoms with Crippen LogP contribution in [0, 0.1) is 11.9 Å². The van der Waals surface area contributed by atoms with E-state index in [2.05, 4.69) is 37.4 Å². The Morgan fingerprint density at radius 1 is 1.11 bits per heavy atom. The largest absolute Gasteiger partial charge is 0.354 e. The Morgan fingerprint density at radius 2 is 1.96 bits per heavy atom. The van der Waals surface area contributed by atoms with Crippen molar-refractivity contribution in [1.29, 1.82) is 0 Å². The Balaban J connectivity index is 1.16. The fourth-order valence-electron chi connectivity index (χ4n) is 3.76. The van der Waals surface area contributed by atoms with Gasteiger partial charge in [-0.2, -0.15) is 0 Å². The molecule has 1 fully saturated rings. The lowest BCUT2D eigenvalue weighted by molar-refractivity contribution is 0.248. The van der Waals surface area contributed by atoms with Crippen LogP contribution in [0.1, 0.15) is 6.42 Å². The third kappa shape index (κ3) is 3.20. The standard InChI is InChI=1S/C20H20FN6O/c21-15-6-7-16-19(14-15)28-23-20(16)26-12-10-25(11-13-26)8-3-9-27-18-5-2-1-4-17(18)22-24-27/h1-2,4-6,14H,3,8-13H2. The topological polar surface area (TPSA) is 63.2 Å². The van der Waals surface area contributed by atoms with Gasteiger partial charge in [-0.15, -0.1) is 5.10 Å². The highest BCUT2D eigenvalue weighted by Crippen LogP contribution is 2.27. The van der Waals surface area contributed by atoms with Crippen molar-refractivity contribution in [1.82, 2.24) is 25.1 Å². The second-order valence-corrected chi connectivity index (χ2v) is 7.05. The van der Waals surface area contributed by atoms with Crippen molar-refractivity contribution in [2.75, 3.05) is 37.6 Å². The van der Waals surface area contributed by atoms with E-state index in [1.165, 1.54) is 12.1 Å². The van der Waals surface area contributed by atoms with E-state index in [4.69, 9.17) is 4.52 Å². The lowest BCUT2D eigenvalue weighted by Gasteiger charge is -2.34. The molecule has 1 aliphatic heterocycles. The van der Waals surface area contributed by atoms with Crippen LogP contribution in [-0.2, 0) is 6.54 Å². The smallest absolute Gasteiger partial charge is 0.180 e. The van der Waals surface area contributed by atoms with Gasteiger partial charge in [-0.05, 0) is 24.6 Å². The fourth-order valence-corrected chi connectivity index (χ4v) is 3.76. The van der Waals surface area contributed by atoms with E-state index in [0.29, 0.717) is 5.58 Å². The van der Waals surface area contributed by atoms with E-state index < -0.39 is 0 Å². The molecular formula is C20H20FN6O. The summed E-state index contributed by atoms with van der Waals surface area (Å²) in [5, 5.41) is 13.3. The maximum absolute atomic E-state index is 13.3. The summed E-state index contributed by atoms with van der Waals surface area (Å²) in [5.41, 5.74) is 2.46. The number of hydrogen-bond acceptors (Lipinski definition) is 6. The van der Waals surface area contributed by atoms with Crippen LogP contribution in [0.4, 0.5) is 10.2 Å². The predicted molar refractivity (Wildman–Crippen MR) is 104 cm³/mol. The molecule has 0 bridgehead atoms. The average Bonchev–Trinajstić information content (AvgIpc) is 3.33. The summed E-state index contributed by atoms with van der Waals surface area (Å²) in [6.45, 7) is 5.49. The Labute approximate surface area is 161 Å². The van der Waals surface area contributed by atoms with Crippen molar-refractivity contribution in [2.45, 2.75) is 13.0 Å². The number of rotatable bonds is 5. The summed E-state index contributed by atoms with van der Waals surface area (Å²) >= 11 is 0. The first-order chi connectivity index (χ1) is 13.8. The number of benzene rings is 2. The molecule has 8 heteroatoms. The van der Waals surface area contributed by atoms with Crippen LogP contribution in [0.5, 0.6) is 0 Å². The minimum absolute atomic E-state index is 0.361. The molecule has 1 saturated heterocycles. The number of fused-ring (bicyclic) bond motifs is 2. The molecule has 0 unspecified atom stereocenters. The van der Waals surface area contributed by atoms with E-state index in [9.17, 15) is 4.39 Å². The summed E-state index contributed by atoms with van der Waals surface area (Å²) in [5.74, 6) is 0.393. The number of aromatic nitrogens is 4. The molecule has 7 nitrogen and oxygen atoms in total. The van der Waals surface area contributed by atoms with Crippen LogP contribution in [0.25, 0.3) is 22.0 Å². The van der Waals surface area contributed by atoms with Gasteiger partial charge in [0.15, 0.2) is 11.4 Å². The third-order valence-corrected chi connectivity index (χ3v) is 5.26. The van der Waals surface area contributed by atoms with Crippen molar-refractivity contribution in [3.05, 3.63) is 48.3 Å². The molecule has 4 aromatic rings. The van der Waals surface area contributed by atoms with Gasteiger partial charge in [0.2, 0.25) is 0 Å². The molecule has 0 N–H and O–H groups in total. The number of nitrogens with zero attached hydrogens (tertiary/aromatic N) is 6. The monoisotopic (exact) mass is 379 g/mol. The molecule has 5 rings (SSSR count). The lowest BCUT2D eigenvalue weighted by atomic mass is 10.2. The minimum atomic E-state index is -0.361. The second-order valence-electron chi connectivity index (χ2n) is 7.05. The van der Waals surface area contributed by atoms with Gasteiger partial charge < -0.3 is 9.42 Å². The van der Waals surface area contributed by atoms with E-state index in [1.54, 1.807) is 0 Å². The van der Waals surface area contributed by atoms with Crippen molar-refractivity contribution < 1.29 is 8.91 Å². The highest BCUT2D eigenvalue weighted by atomic mass is 19.1. The molecule has 143 valence electrons. The fraction of sp³-hybridized carbons (Fsp3) is 0.350. The molecule has 28 heavy (non-hydrogen) atoms. The number of anilines is 1. The average molecular weight is 379 g/mol. The van der Waals surface area contributed by atoms with Gasteiger partial charge in [0.1, 0.15) is 11.3 Å². The molecule has 0 saturated carbocycles. The molecule has 1 aliphatic rings. The van der Waals surface area contributed by atoms with Crippen LogP contribution in [0.2, 0.25) is 0 Å². The number of para-hydroxylation sites is 1. The molecule has 2 aromatic carbocycles. The lowest BCUT2D eigenvalue weighted by Crippen LogP contribution is -2.47. The highest BCUT2D eigenvalue weighted by Gasteiger charge is 2.21. The van der Waals surface area contributed by atoms with Crippen molar-refractivity contribution in [3.8, 4) is 0 Å². The van der Waals surface area contributed by atoms with Gasteiger partial charge in [0.25, 0.3) is 0 Å². The van der Waals surface area contributed by atoms with Gasteiger partial charge in [-0.3, -0.25) is 4.90 Å². The highest BCUT2D eigenvalue weighted by molar-refractivity contribution is 5.88. The van der Waals surface area contributed by atoms with Crippen molar-refractivity contribution in [2.24, 2.45) is 0 Å². The van der Waals surface area contributed by atoms with Crippen LogP contribution in [-0.4, -0.2) is 57.8 Å². The number of hydrogen-bond donors (Lipinski definition) is 0. The zero-order chi connectivity index (χ0) is 18.9. The zero-order valence-corrected chi connectivity index (χ0v) is 15.4. The molecule has 0 amide bonds. The van der Waals surface area contributed by atoms with Crippen molar-refractivity contribution in [3.63, 3.8) is 0 Å². The molecule has 0 atom stereocenters. The molecule has 2 aromatic heterocycles. The normalized spacial score (nSPS) is 15.7. The summed E-state index contributed by atoms with van der Waals surface area (Å²) in [6.07, 6.45) is 1.02. The summed E-state index contributed by atoms with van der Waals surface area (Å²) in [4.78, 5) is 4.63. The first-order valence-electron chi connectivity index (χ1n) is 9.50. The Morgan fingerprint density at radius 3 is 2.86 bits per heavy atom. The van der Waals surface area contributed by atoms with Gasteiger partial charge >= 0.3 is 0 Å². The first-order valence-corrected chi connectivity index (χ1v) is 9.50. The molecule has 0 spiro atoms. The number of aryl methyl sites for hydroxylation is 1. The van der Waals surface area contributed by atoms with E-state index in [0.717, 1.165) is 67.9 Å². The summed E-state index contributed by atoms with van der Waals surface area (Å²) in [6, 6.07) is 13.7. The number of halogens is 1. The minimum Gasteiger partial charge on any atom is -0.354 e. The van der Waals surface area contributed by atoms with Crippen LogP contribution < -0.4 is 4.90 Å². The van der Waals surface area contributed by atoms with Gasteiger partial charge in [-0.25, -0.2) is 9.07 Å². The predicted octanol–water partition coefficient (Wildman–Crippen LogP) is 2.72. The Bertz CT molecular complexity index is 1100. The van der Waals surface area contributed by atoms with Crippen LogP contribution in [0.3, 0.4) is 0 Å². The van der Waals surface area contributed by atoms with Gasteiger partial charge in [0, 0.05) is 51.4 Å². The van der Waals surface area contributed by atoms with E-state index in [-0.39, 0.29) is 5.82 Å². The quantitative estimate of drug-likeness (QED) is 0.531. The first kappa shape index (κ1) is 17.1. The molecule has 3 heterocycles. The van der Waals surface area contributed by atoms with Crippen molar-refractivity contribution >= 4 is 27.8 Å². The van der Waals surface area contributed by atoms with Gasteiger partial charge in [-0.1, -0.05) is 22.5 Å². The zero-order valence-electron chi connectivity index (χ0n) is 15.4.